The summed E-state index contributed by atoms with van der Waals surface area (Å²) >= 11 is 0. The summed E-state index contributed by atoms with van der Waals surface area (Å²) in [5.74, 6) is -0.474. The Morgan fingerprint density at radius 1 is 1.29 bits per heavy atom. The fourth-order valence-electron chi connectivity index (χ4n) is 2.50. The van der Waals surface area contributed by atoms with Crippen LogP contribution < -0.4 is 4.74 Å². The fraction of sp³-hybridized carbons (Fsp3) is 0.250. The second-order valence-corrected chi connectivity index (χ2v) is 5.01. The Hall–Kier alpha value is -2.40. The SMILES string of the molecule is O=C(O)c1cc2c(nc1Oc1cccc(CO)c1)CCC2. The van der Waals surface area contributed by atoms with Crippen LogP contribution in [0.1, 0.15) is 33.6 Å². The number of hydrogen-bond donors (Lipinski definition) is 2. The van der Waals surface area contributed by atoms with E-state index in [9.17, 15) is 9.90 Å². The average Bonchev–Trinajstić information content (AvgIpc) is 2.93. The second kappa shape index (κ2) is 5.54. The number of pyridine rings is 1. The fourth-order valence-corrected chi connectivity index (χ4v) is 2.50. The number of hydrogen-bond acceptors (Lipinski definition) is 4. The molecule has 2 aromatic rings. The number of carbonyl (C=O) groups is 1. The zero-order valence-corrected chi connectivity index (χ0v) is 11.4. The number of aliphatic hydroxyl groups excluding tert-OH is 1. The first-order valence-electron chi connectivity index (χ1n) is 6.81. The van der Waals surface area contributed by atoms with Gasteiger partial charge in [-0.05, 0) is 48.6 Å². The first-order chi connectivity index (χ1) is 10.2. The number of aryl methyl sites for hydroxylation is 2. The van der Waals surface area contributed by atoms with E-state index in [4.69, 9.17) is 9.84 Å². The number of ether oxygens (including phenoxy) is 1. The summed E-state index contributed by atoms with van der Waals surface area (Å²) in [6.45, 7) is -0.0966. The van der Waals surface area contributed by atoms with E-state index in [-0.39, 0.29) is 18.1 Å². The molecule has 0 amide bonds. The number of aromatic nitrogens is 1. The molecule has 0 aliphatic heterocycles. The maximum atomic E-state index is 11.4. The number of carboxylic acids is 1. The molecular weight excluding hydrogens is 270 g/mol. The van der Waals surface area contributed by atoms with Gasteiger partial charge in [-0.15, -0.1) is 0 Å². The van der Waals surface area contributed by atoms with E-state index in [0.29, 0.717) is 11.3 Å². The lowest BCUT2D eigenvalue weighted by Gasteiger charge is -2.10. The van der Waals surface area contributed by atoms with Crippen molar-refractivity contribution >= 4 is 5.97 Å². The molecule has 1 aromatic carbocycles. The summed E-state index contributed by atoms with van der Waals surface area (Å²) < 4.78 is 5.64. The van der Waals surface area contributed by atoms with Gasteiger partial charge in [-0.25, -0.2) is 9.78 Å². The number of aromatic carboxylic acids is 1. The van der Waals surface area contributed by atoms with Crippen LogP contribution in [0.15, 0.2) is 30.3 Å². The van der Waals surface area contributed by atoms with Crippen molar-refractivity contribution in [3.63, 3.8) is 0 Å². The zero-order valence-electron chi connectivity index (χ0n) is 11.4. The highest BCUT2D eigenvalue weighted by Gasteiger charge is 2.21. The highest BCUT2D eigenvalue weighted by atomic mass is 16.5. The van der Waals surface area contributed by atoms with Gasteiger partial charge in [0.05, 0.1) is 6.61 Å². The minimum Gasteiger partial charge on any atom is -0.477 e. The minimum absolute atomic E-state index is 0.0741. The maximum absolute atomic E-state index is 11.4. The number of aliphatic hydroxyl groups is 1. The van der Waals surface area contributed by atoms with Gasteiger partial charge < -0.3 is 14.9 Å². The Kier molecular flexibility index (Phi) is 3.58. The largest absolute Gasteiger partial charge is 0.477 e. The second-order valence-electron chi connectivity index (χ2n) is 5.01. The molecule has 0 atom stereocenters. The predicted octanol–water partition coefficient (Wildman–Crippen LogP) is 2.55. The summed E-state index contributed by atoms with van der Waals surface area (Å²) in [5.41, 5.74) is 2.67. The van der Waals surface area contributed by atoms with Crippen LogP contribution >= 0.6 is 0 Å². The summed E-state index contributed by atoms with van der Waals surface area (Å²) in [4.78, 5) is 15.7. The smallest absolute Gasteiger partial charge is 0.341 e. The molecular formula is C16H15NO4. The Morgan fingerprint density at radius 3 is 2.90 bits per heavy atom. The van der Waals surface area contributed by atoms with Crippen LogP contribution in [-0.2, 0) is 19.4 Å². The minimum atomic E-state index is -1.05. The van der Waals surface area contributed by atoms with Gasteiger partial charge in [-0.2, -0.15) is 0 Å². The van der Waals surface area contributed by atoms with Crippen molar-refractivity contribution in [3.05, 3.63) is 52.7 Å². The average molecular weight is 285 g/mol. The molecule has 0 radical (unpaired) electrons. The van der Waals surface area contributed by atoms with Crippen LogP contribution in [0.4, 0.5) is 0 Å². The predicted molar refractivity (Wildman–Crippen MR) is 75.7 cm³/mol. The quantitative estimate of drug-likeness (QED) is 0.902. The normalized spacial score (nSPS) is 13.0. The van der Waals surface area contributed by atoms with Crippen LogP contribution in [-0.4, -0.2) is 21.2 Å². The number of benzene rings is 1. The molecule has 5 heteroatoms. The summed E-state index contributed by atoms with van der Waals surface area (Å²) in [7, 11) is 0. The first-order valence-corrected chi connectivity index (χ1v) is 6.81. The lowest BCUT2D eigenvalue weighted by molar-refractivity contribution is 0.0693. The number of nitrogens with zero attached hydrogens (tertiary/aromatic N) is 1. The molecule has 3 rings (SSSR count). The van der Waals surface area contributed by atoms with Gasteiger partial charge in [0.2, 0.25) is 5.88 Å². The molecule has 5 nitrogen and oxygen atoms in total. The van der Waals surface area contributed by atoms with Crippen LogP contribution in [0.5, 0.6) is 11.6 Å². The monoisotopic (exact) mass is 285 g/mol. The molecule has 2 N–H and O–H groups in total. The van der Waals surface area contributed by atoms with Gasteiger partial charge in [0.15, 0.2) is 0 Å². The van der Waals surface area contributed by atoms with Gasteiger partial charge in [0.25, 0.3) is 0 Å². The van der Waals surface area contributed by atoms with E-state index in [1.807, 2.05) is 0 Å². The molecule has 108 valence electrons. The third-order valence-electron chi connectivity index (χ3n) is 3.54. The molecule has 1 aliphatic carbocycles. The Balaban J connectivity index is 1.99. The highest BCUT2D eigenvalue weighted by molar-refractivity contribution is 5.90. The van der Waals surface area contributed by atoms with Gasteiger partial charge in [0, 0.05) is 5.69 Å². The van der Waals surface area contributed by atoms with Gasteiger partial charge in [0.1, 0.15) is 11.3 Å². The van der Waals surface area contributed by atoms with E-state index in [1.165, 1.54) is 0 Å². The number of fused-ring (bicyclic) bond motifs is 1. The highest BCUT2D eigenvalue weighted by Crippen LogP contribution is 2.30. The number of carboxylic acid groups (broad SMARTS) is 1. The third-order valence-corrected chi connectivity index (χ3v) is 3.54. The lowest BCUT2D eigenvalue weighted by atomic mass is 10.1. The van der Waals surface area contributed by atoms with Crippen molar-refractivity contribution in [1.29, 1.82) is 0 Å². The third kappa shape index (κ3) is 2.73. The summed E-state index contributed by atoms with van der Waals surface area (Å²) in [5, 5.41) is 18.4. The lowest BCUT2D eigenvalue weighted by Crippen LogP contribution is -2.05. The van der Waals surface area contributed by atoms with Crippen LogP contribution in [0.2, 0.25) is 0 Å². The zero-order chi connectivity index (χ0) is 14.8. The van der Waals surface area contributed by atoms with E-state index in [2.05, 4.69) is 4.98 Å². The maximum Gasteiger partial charge on any atom is 0.341 e. The molecule has 0 fully saturated rings. The summed E-state index contributed by atoms with van der Waals surface area (Å²) in [6.07, 6.45) is 2.70. The first kappa shape index (κ1) is 13.6. The van der Waals surface area contributed by atoms with Crippen molar-refractivity contribution in [3.8, 4) is 11.6 Å². The van der Waals surface area contributed by atoms with Crippen LogP contribution in [0.25, 0.3) is 0 Å². The van der Waals surface area contributed by atoms with Crippen molar-refractivity contribution in [2.75, 3.05) is 0 Å². The molecule has 0 bridgehead atoms. The molecule has 1 aromatic heterocycles. The van der Waals surface area contributed by atoms with Crippen molar-refractivity contribution in [1.82, 2.24) is 4.98 Å². The van der Waals surface area contributed by atoms with Crippen molar-refractivity contribution in [2.24, 2.45) is 0 Å². The standard InChI is InChI=1S/C16H15NO4/c18-9-10-3-1-5-12(7-10)21-15-13(16(19)20)8-11-4-2-6-14(11)17-15/h1,3,5,7-8,18H,2,4,6,9H2,(H,19,20). The van der Waals surface area contributed by atoms with Crippen molar-refractivity contribution < 1.29 is 19.7 Å². The van der Waals surface area contributed by atoms with Crippen LogP contribution in [0, 0.1) is 0 Å². The summed E-state index contributed by atoms with van der Waals surface area (Å²) in [6, 6.07) is 8.54. The molecule has 1 heterocycles. The van der Waals surface area contributed by atoms with Gasteiger partial charge in [-0.3, -0.25) is 0 Å². The Morgan fingerprint density at radius 2 is 2.14 bits per heavy atom. The van der Waals surface area contributed by atoms with E-state index in [1.54, 1.807) is 30.3 Å². The van der Waals surface area contributed by atoms with E-state index < -0.39 is 5.97 Å². The Bertz CT molecular complexity index is 697. The van der Waals surface area contributed by atoms with Gasteiger partial charge >= 0.3 is 5.97 Å². The number of rotatable bonds is 4. The topological polar surface area (TPSA) is 79.7 Å². The molecule has 21 heavy (non-hydrogen) atoms. The molecule has 0 spiro atoms. The van der Waals surface area contributed by atoms with Crippen molar-refractivity contribution in [2.45, 2.75) is 25.9 Å². The van der Waals surface area contributed by atoms with Gasteiger partial charge in [-0.1, -0.05) is 12.1 Å². The van der Waals surface area contributed by atoms with E-state index in [0.717, 1.165) is 30.5 Å². The Labute approximate surface area is 121 Å². The van der Waals surface area contributed by atoms with E-state index >= 15 is 0 Å². The molecule has 0 unspecified atom stereocenters. The molecule has 0 saturated heterocycles. The van der Waals surface area contributed by atoms with Crippen LogP contribution in [0.3, 0.4) is 0 Å². The molecule has 0 saturated carbocycles. The molecule has 1 aliphatic rings.